The van der Waals surface area contributed by atoms with Crippen LogP contribution < -0.4 is 0 Å². The molecule has 0 aliphatic rings. The Morgan fingerprint density at radius 1 is 1.33 bits per heavy atom. The third kappa shape index (κ3) is 2.93. The Labute approximate surface area is 109 Å². The van der Waals surface area contributed by atoms with Gasteiger partial charge in [-0.2, -0.15) is 0 Å². The number of nitrogens with zero attached hydrogens (tertiary/aromatic N) is 1. The first kappa shape index (κ1) is 12.7. The van der Waals surface area contributed by atoms with Gasteiger partial charge in [0.15, 0.2) is 5.78 Å². The first-order valence-corrected chi connectivity index (χ1v) is 5.84. The molecule has 0 saturated carbocycles. The first-order valence-electron chi connectivity index (χ1n) is 5.46. The number of rotatable bonds is 3. The van der Waals surface area contributed by atoms with Crippen molar-refractivity contribution in [2.45, 2.75) is 13.3 Å². The molecule has 1 aromatic heterocycles. The maximum Gasteiger partial charge on any atom is 0.167 e. The molecule has 0 fully saturated rings. The molecule has 0 amide bonds. The number of hydrogen-bond donors (Lipinski definition) is 0. The van der Waals surface area contributed by atoms with E-state index in [4.69, 9.17) is 11.6 Å². The van der Waals surface area contributed by atoms with E-state index in [0.29, 0.717) is 16.1 Å². The number of halogens is 2. The largest absolute Gasteiger partial charge is 0.294 e. The second-order valence-electron chi connectivity index (χ2n) is 4.02. The number of Topliss-reactive ketones (excluding diaryl/α,β-unsaturated/α-hetero) is 1. The average Bonchev–Trinajstić information content (AvgIpc) is 2.34. The van der Waals surface area contributed by atoms with Gasteiger partial charge >= 0.3 is 0 Å². The molecule has 0 atom stereocenters. The van der Waals surface area contributed by atoms with Crippen molar-refractivity contribution in [1.82, 2.24) is 4.98 Å². The fourth-order valence-electron chi connectivity index (χ4n) is 1.67. The van der Waals surface area contributed by atoms with E-state index in [9.17, 15) is 9.18 Å². The van der Waals surface area contributed by atoms with Crippen molar-refractivity contribution in [3.63, 3.8) is 0 Å². The van der Waals surface area contributed by atoms with E-state index in [0.717, 1.165) is 5.69 Å². The van der Waals surface area contributed by atoms with Crippen LogP contribution in [-0.4, -0.2) is 10.8 Å². The van der Waals surface area contributed by atoms with Crippen LogP contribution in [0.1, 0.15) is 21.6 Å². The number of ketones is 1. The molecular formula is C14H11ClFNO. The number of carbonyl (C=O) groups is 1. The van der Waals surface area contributed by atoms with Crippen molar-refractivity contribution in [2.75, 3.05) is 0 Å². The fraction of sp³-hybridized carbons (Fsp3) is 0.143. The molecule has 0 aliphatic heterocycles. The second kappa shape index (κ2) is 5.27. The molecule has 0 bridgehead atoms. The van der Waals surface area contributed by atoms with Crippen molar-refractivity contribution in [3.8, 4) is 0 Å². The smallest absolute Gasteiger partial charge is 0.167 e. The zero-order valence-corrected chi connectivity index (χ0v) is 10.5. The predicted molar refractivity (Wildman–Crippen MR) is 68.4 cm³/mol. The van der Waals surface area contributed by atoms with Gasteiger partial charge in [0.1, 0.15) is 5.82 Å². The van der Waals surface area contributed by atoms with Crippen LogP contribution in [0.2, 0.25) is 5.02 Å². The molecule has 0 unspecified atom stereocenters. The molecule has 2 nitrogen and oxygen atoms in total. The zero-order chi connectivity index (χ0) is 13.1. The summed E-state index contributed by atoms with van der Waals surface area (Å²) in [4.78, 5) is 16.0. The van der Waals surface area contributed by atoms with Gasteiger partial charge in [0.05, 0.1) is 0 Å². The van der Waals surface area contributed by atoms with Gasteiger partial charge in [-0.15, -0.1) is 0 Å². The van der Waals surface area contributed by atoms with Gasteiger partial charge in [-0.05, 0) is 42.8 Å². The fourth-order valence-corrected chi connectivity index (χ4v) is 1.86. The summed E-state index contributed by atoms with van der Waals surface area (Å²) in [5.41, 5.74) is 1.82. The molecule has 92 valence electrons. The minimum atomic E-state index is -0.395. The van der Waals surface area contributed by atoms with Gasteiger partial charge in [0.25, 0.3) is 0 Å². The van der Waals surface area contributed by atoms with Gasteiger partial charge < -0.3 is 0 Å². The summed E-state index contributed by atoms with van der Waals surface area (Å²) in [6, 6.07) is 7.36. The van der Waals surface area contributed by atoms with E-state index in [1.54, 1.807) is 18.3 Å². The number of pyridine rings is 1. The van der Waals surface area contributed by atoms with Crippen LogP contribution in [0, 0.1) is 12.7 Å². The highest BCUT2D eigenvalue weighted by Gasteiger charge is 2.10. The number of carbonyl (C=O) groups excluding carboxylic acids is 1. The van der Waals surface area contributed by atoms with Gasteiger partial charge in [0.2, 0.25) is 0 Å². The number of benzene rings is 1. The summed E-state index contributed by atoms with van der Waals surface area (Å²) in [6.07, 6.45) is 1.66. The van der Waals surface area contributed by atoms with Gasteiger partial charge in [-0.25, -0.2) is 4.39 Å². The number of aryl methyl sites for hydroxylation is 1. The van der Waals surface area contributed by atoms with Crippen molar-refractivity contribution in [1.29, 1.82) is 0 Å². The molecule has 2 aromatic rings. The molecule has 1 aromatic carbocycles. The Hall–Kier alpha value is -1.74. The molecule has 1 heterocycles. The van der Waals surface area contributed by atoms with Crippen molar-refractivity contribution >= 4 is 17.4 Å². The van der Waals surface area contributed by atoms with Crippen LogP contribution >= 0.6 is 11.6 Å². The highest BCUT2D eigenvalue weighted by atomic mass is 35.5. The summed E-state index contributed by atoms with van der Waals surface area (Å²) in [6.45, 7) is 1.81. The molecule has 4 heteroatoms. The highest BCUT2D eigenvalue weighted by molar-refractivity contribution is 6.31. The number of aromatic nitrogens is 1. The Balaban J connectivity index is 2.24. The lowest BCUT2D eigenvalue weighted by atomic mass is 10.0. The summed E-state index contributed by atoms with van der Waals surface area (Å²) >= 11 is 5.93. The maximum atomic E-state index is 13.1. The van der Waals surface area contributed by atoms with Crippen molar-refractivity contribution in [3.05, 3.63) is 64.2 Å². The Morgan fingerprint density at radius 2 is 2.11 bits per heavy atom. The van der Waals surface area contributed by atoms with Crippen LogP contribution in [0.4, 0.5) is 4.39 Å². The average molecular weight is 264 g/mol. The van der Waals surface area contributed by atoms with E-state index >= 15 is 0 Å². The maximum absolute atomic E-state index is 13.1. The normalized spacial score (nSPS) is 10.4. The van der Waals surface area contributed by atoms with E-state index in [1.807, 2.05) is 6.92 Å². The Morgan fingerprint density at radius 3 is 2.83 bits per heavy atom. The lowest BCUT2D eigenvalue weighted by Gasteiger charge is -2.04. The third-order valence-electron chi connectivity index (χ3n) is 2.58. The van der Waals surface area contributed by atoms with Gasteiger partial charge in [-0.3, -0.25) is 9.78 Å². The standard InChI is InChI=1S/C14H11ClFNO/c1-9-6-10(4-5-17-9)14(18)8-11-7-12(16)2-3-13(11)15/h2-7H,8H2,1H3. The molecule has 18 heavy (non-hydrogen) atoms. The molecule has 0 aliphatic carbocycles. The molecular weight excluding hydrogens is 253 g/mol. The molecule has 0 saturated heterocycles. The topological polar surface area (TPSA) is 30.0 Å². The van der Waals surface area contributed by atoms with E-state index in [-0.39, 0.29) is 12.2 Å². The SMILES string of the molecule is Cc1cc(C(=O)Cc2cc(F)ccc2Cl)ccn1. The molecule has 0 N–H and O–H groups in total. The Kier molecular flexibility index (Phi) is 3.72. The quantitative estimate of drug-likeness (QED) is 0.792. The first-order chi connectivity index (χ1) is 8.56. The highest BCUT2D eigenvalue weighted by Crippen LogP contribution is 2.19. The lowest BCUT2D eigenvalue weighted by Crippen LogP contribution is -2.05. The summed E-state index contributed by atoms with van der Waals surface area (Å²) in [5.74, 6) is -0.499. The van der Waals surface area contributed by atoms with Crippen LogP contribution in [0.5, 0.6) is 0 Å². The summed E-state index contributed by atoms with van der Waals surface area (Å²) in [5, 5.41) is 0.399. The monoisotopic (exact) mass is 263 g/mol. The van der Waals surface area contributed by atoms with E-state index in [2.05, 4.69) is 4.98 Å². The minimum absolute atomic E-state index is 0.0834. The summed E-state index contributed by atoms with van der Waals surface area (Å²) < 4.78 is 13.1. The van der Waals surface area contributed by atoms with Gasteiger partial charge in [-0.1, -0.05) is 11.6 Å². The van der Waals surface area contributed by atoms with Crippen LogP contribution in [0.15, 0.2) is 36.5 Å². The lowest BCUT2D eigenvalue weighted by molar-refractivity contribution is 0.0992. The molecule has 0 radical (unpaired) electrons. The van der Waals surface area contributed by atoms with Crippen molar-refractivity contribution < 1.29 is 9.18 Å². The van der Waals surface area contributed by atoms with Crippen molar-refractivity contribution in [2.24, 2.45) is 0 Å². The third-order valence-corrected chi connectivity index (χ3v) is 2.95. The summed E-state index contributed by atoms with van der Waals surface area (Å²) in [7, 11) is 0. The zero-order valence-electron chi connectivity index (χ0n) is 9.78. The van der Waals surface area contributed by atoms with Crippen LogP contribution in [-0.2, 0) is 6.42 Å². The van der Waals surface area contributed by atoms with Crippen LogP contribution in [0.3, 0.4) is 0 Å². The minimum Gasteiger partial charge on any atom is -0.294 e. The molecule has 0 spiro atoms. The van der Waals surface area contributed by atoms with E-state index < -0.39 is 5.82 Å². The van der Waals surface area contributed by atoms with Gasteiger partial charge in [0, 0.05) is 28.9 Å². The number of hydrogen-bond acceptors (Lipinski definition) is 2. The van der Waals surface area contributed by atoms with Crippen LogP contribution in [0.25, 0.3) is 0 Å². The van der Waals surface area contributed by atoms with E-state index in [1.165, 1.54) is 18.2 Å². The predicted octanol–water partition coefficient (Wildman–Crippen LogP) is 3.61. The Bertz CT molecular complexity index is 598. The second-order valence-corrected chi connectivity index (χ2v) is 4.43. The molecule has 2 rings (SSSR count).